The quantitative estimate of drug-likeness (QED) is 0.763. The highest BCUT2D eigenvalue weighted by molar-refractivity contribution is 5.47. The standard InChI is InChI=1S/C12H15N3O/c1-7-4-5-8(2)10(6-7)15-12(16)11(13)9(3)14-15/h4-6,14H,13H2,1-3H3. The molecule has 3 N–H and O–H groups in total. The smallest absolute Gasteiger partial charge is 0.294 e. The fourth-order valence-corrected chi connectivity index (χ4v) is 1.69. The second-order valence-electron chi connectivity index (χ2n) is 4.08. The van der Waals surface area contributed by atoms with Gasteiger partial charge in [0.25, 0.3) is 5.56 Å². The van der Waals surface area contributed by atoms with Gasteiger partial charge in [0.1, 0.15) is 5.69 Å². The monoisotopic (exact) mass is 217 g/mol. The first-order valence-corrected chi connectivity index (χ1v) is 5.15. The maximum atomic E-state index is 11.9. The molecule has 2 rings (SSSR count). The van der Waals surface area contributed by atoms with Crippen molar-refractivity contribution in [3.05, 3.63) is 45.4 Å². The predicted molar refractivity (Wildman–Crippen MR) is 65.0 cm³/mol. The largest absolute Gasteiger partial charge is 0.393 e. The Balaban J connectivity index is 2.72. The number of aromatic amines is 1. The summed E-state index contributed by atoms with van der Waals surface area (Å²) in [7, 11) is 0. The normalized spacial score (nSPS) is 10.7. The van der Waals surface area contributed by atoms with Crippen molar-refractivity contribution in [2.75, 3.05) is 5.73 Å². The third kappa shape index (κ3) is 1.52. The summed E-state index contributed by atoms with van der Waals surface area (Å²) in [6, 6.07) is 5.97. The molecule has 4 nitrogen and oxygen atoms in total. The minimum Gasteiger partial charge on any atom is -0.393 e. The van der Waals surface area contributed by atoms with Crippen molar-refractivity contribution in [1.29, 1.82) is 0 Å². The average molecular weight is 217 g/mol. The minimum atomic E-state index is -0.189. The molecule has 0 aliphatic rings. The molecule has 0 radical (unpaired) electrons. The van der Waals surface area contributed by atoms with Crippen LogP contribution >= 0.6 is 0 Å². The molecule has 4 heteroatoms. The Morgan fingerprint density at radius 1 is 1.25 bits per heavy atom. The van der Waals surface area contributed by atoms with E-state index >= 15 is 0 Å². The predicted octanol–water partition coefficient (Wildman–Crippen LogP) is 1.67. The number of nitrogen functional groups attached to an aromatic ring is 1. The van der Waals surface area contributed by atoms with Crippen LogP contribution in [0.3, 0.4) is 0 Å². The van der Waals surface area contributed by atoms with E-state index < -0.39 is 0 Å². The van der Waals surface area contributed by atoms with Gasteiger partial charge < -0.3 is 5.73 Å². The number of aromatic nitrogens is 2. The van der Waals surface area contributed by atoms with Crippen LogP contribution in [0.5, 0.6) is 0 Å². The fourth-order valence-electron chi connectivity index (χ4n) is 1.69. The Hall–Kier alpha value is -1.97. The molecule has 0 atom stereocenters. The highest BCUT2D eigenvalue weighted by Crippen LogP contribution is 2.15. The van der Waals surface area contributed by atoms with Crippen molar-refractivity contribution < 1.29 is 0 Å². The first kappa shape index (κ1) is 10.5. The number of hydrogen-bond donors (Lipinski definition) is 2. The van der Waals surface area contributed by atoms with Gasteiger partial charge in [-0.15, -0.1) is 0 Å². The van der Waals surface area contributed by atoms with Gasteiger partial charge in [0.15, 0.2) is 0 Å². The van der Waals surface area contributed by atoms with E-state index in [1.807, 2.05) is 32.0 Å². The molecule has 2 aromatic rings. The summed E-state index contributed by atoms with van der Waals surface area (Å²) in [6.45, 7) is 5.75. The van der Waals surface area contributed by atoms with E-state index in [2.05, 4.69) is 5.10 Å². The molecule has 0 amide bonds. The summed E-state index contributed by atoms with van der Waals surface area (Å²) < 4.78 is 1.49. The zero-order valence-corrected chi connectivity index (χ0v) is 9.66. The van der Waals surface area contributed by atoms with Gasteiger partial charge in [0, 0.05) is 0 Å². The van der Waals surface area contributed by atoms with Crippen LogP contribution in [-0.4, -0.2) is 9.78 Å². The summed E-state index contributed by atoms with van der Waals surface area (Å²) >= 11 is 0. The lowest BCUT2D eigenvalue weighted by Gasteiger charge is -2.06. The number of aryl methyl sites for hydroxylation is 3. The van der Waals surface area contributed by atoms with Gasteiger partial charge >= 0.3 is 0 Å². The molecule has 0 unspecified atom stereocenters. The van der Waals surface area contributed by atoms with Crippen LogP contribution < -0.4 is 11.3 Å². The molecule has 1 aromatic carbocycles. The lowest BCUT2D eigenvalue weighted by Crippen LogP contribution is -2.17. The number of H-pyrrole nitrogens is 1. The van der Waals surface area contributed by atoms with Crippen LogP contribution in [0.25, 0.3) is 5.69 Å². The van der Waals surface area contributed by atoms with Crippen molar-refractivity contribution in [2.24, 2.45) is 0 Å². The lowest BCUT2D eigenvalue weighted by molar-refractivity contribution is 0.828. The van der Waals surface area contributed by atoms with Crippen LogP contribution in [0, 0.1) is 20.8 Å². The molecule has 0 saturated heterocycles. The Kier molecular flexibility index (Phi) is 2.34. The van der Waals surface area contributed by atoms with Crippen molar-refractivity contribution >= 4 is 5.69 Å². The Labute approximate surface area is 93.7 Å². The van der Waals surface area contributed by atoms with Crippen LogP contribution in [-0.2, 0) is 0 Å². The van der Waals surface area contributed by atoms with Crippen LogP contribution in [0.2, 0.25) is 0 Å². The van der Waals surface area contributed by atoms with E-state index in [1.54, 1.807) is 6.92 Å². The van der Waals surface area contributed by atoms with Gasteiger partial charge in [-0.25, -0.2) is 4.68 Å². The number of rotatable bonds is 1. The molecule has 0 aliphatic carbocycles. The molecule has 0 aliphatic heterocycles. The molecule has 0 saturated carbocycles. The summed E-state index contributed by atoms with van der Waals surface area (Å²) in [4.78, 5) is 11.9. The maximum Gasteiger partial charge on any atom is 0.294 e. The zero-order chi connectivity index (χ0) is 11.9. The van der Waals surface area contributed by atoms with Crippen LogP contribution in [0.4, 0.5) is 5.69 Å². The third-order valence-corrected chi connectivity index (χ3v) is 2.72. The molecule has 0 fully saturated rings. The summed E-state index contributed by atoms with van der Waals surface area (Å²) in [5.74, 6) is 0. The van der Waals surface area contributed by atoms with Gasteiger partial charge in [0.05, 0.1) is 11.4 Å². The summed E-state index contributed by atoms with van der Waals surface area (Å²) in [5.41, 5.74) is 9.45. The molecule has 16 heavy (non-hydrogen) atoms. The summed E-state index contributed by atoms with van der Waals surface area (Å²) in [5, 5.41) is 2.98. The van der Waals surface area contributed by atoms with Crippen LogP contribution in [0.15, 0.2) is 23.0 Å². The fraction of sp³-hybridized carbons (Fsp3) is 0.250. The van der Waals surface area contributed by atoms with Gasteiger partial charge in [-0.1, -0.05) is 12.1 Å². The van der Waals surface area contributed by atoms with Gasteiger partial charge in [-0.2, -0.15) is 0 Å². The van der Waals surface area contributed by atoms with E-state index in [0.717, 1.165) is 16.8 Å². The van der Waals surface area contributed by atoms with Gasteiger partial charge in [0.2, 0.25) is 0 Å². The van der Waals surface area contributed by atoms with E-state index in [-0.39, 0.29) is 11.2 Å². The highest BCUT2D eigenvalue weighted by Gasteiger charge is 2.10. The Morgan fingerprint density at radius 3 is 2.50 bits per heavy atom. The zero-order valence-electron chi connectivity index (χ0n) is 9.66. The Morgan fingerprint density at radius 2 is 1.94 bits per heavy atom. The minimum absolute atomic E-state index is 0.189. The van der Waals surface area contributed by atoms with Crippen LogP contribution in [0.1, 0.15) is 16.8 Å². The number of benzene rings is 1. The van der Waals surface area contributed by atoms with Crippen molar-refractivity contribution in [2.45, 2.75) is 20.8 Å². The molecule has 0 bridgehead atoms. The van der Waals surface area contributed by atoms with E-state index in [0.29, 0.717) is 5.69 Å². The van der Waals surface area contributed by atoms with E-state index in [1.165, 1.54) is 4.68 Å². The second kappa shape index (κ2) is 3.56. The van der Waals surface area contributed by atoms with Gasteiger partial charge in [-0.05, 0) is 38.0 Å². The average Bonchev–Trinajstić information content (AvgIpc) is 2.50. The molecule has 1 heterocycles. The molecule has 84 valence electrons. The lowest BCUT2D eigenvalue weighted by atomic mass is 10.1. The van der Waals surface area contributed by atoms with Crippen molar-refractivity contribution in [3.8, 4) is 5.69 Å². The molecule has 1 aromatic heterocycles. The Bertz CT molecular complexity index is 593. The molecular weight excluding hydrogens is 202 g/mol. The van der Waals surface area contributed by atoms with Crippen molar-refractivity contribution in [1.82, 2.24) is 9.78 Å². The maximum absolute atomic E-state index is 11.9. The number of hydrogen-bond acceptors (Lipinski definition) is 2. The van der Waals surface area contributed by atoms with E-state index in [9.17, 15) is 4.79 Å². The SMILES string of the molecule is Cc1ccc(C)c(-n2[nH]c(C)c(N)c2=O)c1. The first-order chi connectivity index (χ1) is 7.50. The summed E-state index contributed by atoms with van der Waals surface area (Å²) in [6.07, 6.45) is 0. The second-order valence-corrected chi connectivity index (χ2v) is 4.08. The van der Waals surface area contributed by atoms with Crippen molar-refractivity contribution in [3.63, 3.8) is 0 Å². The number of anilines is 1. The third-order valence-electron chi connectivity index (χ3n) is 2.72. The first-order valence-electron chi connectivity index (χ1n) is 5.15. The molecular formula is C12H15N3O. The molecule has 0 spiro atoms. The number of nitrogens with one attached hydrogen (secondary N) is 1. The highest BCUT2D eigenvalue weighted by atomic mass is 16.1. The van der Waals surface area contributed by atoms with E-state index in [4.69, 9.17) is 5.73 Å². The number of nitrogens with zero attached hydrogens (tertiary/aromatic N) is 1. The number of nitrogens with two attached hydrogens (primary N) is 1. The van der Waals surface area contributed by atoms with Gasteiger partial charge in [-0.3, -0.25) is 9.89 Å². The topological polar surface area (TPSA) is 63.8 Å².